The van der Waals surface area contributed by atoms with Crippen molar-refractivity contribution in [3.8, 4) is 6.07 Å². The van der Waals surface area contributed by atoms with Crippen LogP contribution in [0.25, 0.3) is 16.4 Å². The number of rotatable bonds is 4. The van der Waals surface area contributed by atoms with Gasteiger partial charge >= 0.3 is 0 Å². The molecule has 0 saturated carbocycles. The van der Waals surface area contributed by atoms with E-state index < -0.39 is 0 Å². The summed E-state index contributed by atoms with van der Waals surface area (Å²) in [7, 11) is 0. The van der Waals surface area contributed by atoms with Crippen molar-refractivity contribution < 1.29 is 4.79 Å². The normalized spacial score (nSPS) is 11.0. The van der Waals surface area contributed by atoms with Gasteiger partial charge in [0.15, 0.2) is 0 Å². The van der Waals surface area contributed by atoms with Gasteiger partial charge in [0.2, 0.25) is 5.78 Å². The number of ketones is 1. The van der Waals surface area contributed by atoms with E-state index in [4.69, 9.17) is 0 Å². The number of imidazole rings is 1. The van der Waals surface area contributed by atoms with Gasteiger partial charge < -0.3 is 8.97 Å². The molecule has 0 amide bonds. The molecule has 0 aliphatic heterocycles. The minimum atomic E-state index is -0.105. The number of nitriles is 1. The smallest absolute Gasteiger partial charge is 0.209 e. The zero-order chi connectivity index (χ0) is 19.8. The molecule has 0 aliphatic rings. The molecule has 0 fully saturated rings. The molecule has 0 atom stereocenters. The molecule has 5 nitrogen and oxygen atoms in total. The number of hydrogen-bond acceptors (Lipinski definition) is 3. The Morgan fingerprint density at radius 2 is 1.83 bits per heavy atom. The number of para-hydroxylation sites is 1. The summed E-state index contributed by atoms with van der Waals surface area (Å²) in [6.07, 6.45) is 5.41. The van der Waals surface area contributed by atoms with Crippen molar-refractivity contribution in [2.45, 2.75) is 6.54 Å². The summed E-state index contributed by atoms with van der Waals surface area (Å²) in [5.74, 6) is -0.105. The molecule has 0 N–H and O–H groups in total. The van der Waals surface area contributed by atoms with Crippen LogP contribution < -0.4 is 0 Å². The highest BCUT2D eigenvalue weighted by Crippen LogP contribution is 2.25. The van der Waals surface area contributed by atoms with Gasteiger partial charge in [0, 0.05) is 24.5 Å². The molecule has 3 aromatic heterocycles. The Balaban J connectivity index is 1.59. The first-order valence-corrected chi connectivity index (χ1v) is 9.27. The lowest BCUT2D eigenvalue weighted by Crippen LogP contribution is -2.06. The maximum absolute atomic E-state index is 13.3. The summed E-state index contributed by atoms with van der Waals surface area (Å²) in [6.45, 7) is 0.700. The third-order valence-corrected chi connectivity index (χ3v) is 5.13. The van der Waals surface area contributed by atoms with Crippen LogP contribution >= 0.6 is 0 Å². The minimum absolute atomic E-state index is 0.105. The van der Waals surface area contributed by atoms with E-state index in [0.717, 1.165) is 22.0 Å². The average Bonchev–Trinajstić information content (AvgIpc) is 3.41. The first-order valence-electron chi connectivity index (χ1n) is 9.27. The van der Waals surface area contributed by atoms with Gasteiger partial charge in [-0.15, -0.1) is 0 Å². The lowest BCUT2D eigenvalue weighted by atomic mass is 10.1. The number of fused-ring (bicyclic) bond motifs is 3. The number of pyridine rings is 1. The Hall–Kier alpha value is -4.17. The molecular weight excluding hydrogens is 360 g/mol. The van der Waals surface area contributed by atoms with Crippen molar-refractivity contribution in [2.24, 2.45) is 0 Å². The predicted molar refractivity (Wildman–Crippen MR) is 111 cm³/mol. The second-order valence-electron chi connectivity index (χ2n) is 6.93. The van der Waals surface area contributed by atoms with Crippen LogP contribution in [0.5, 0.6) is 0 Å². The number of carbonyl (C=O) groups excluding carboxylic acids is 1. The van der Waals surface area contributed by atoms with Gasteiger partial charge in [-0.3, -0.25) is 4.79 Å². The first kappa shape index (κ1) is 17.0. The molecule has 0 radical (unpaired) electrons. The van der Waals surface area contributed by atoms with E-state index in [2.05, 4.69) is 11.1 Å². The van der Waals surface area contributed by atoms with Gasteiger partial charge in [0.1, 0.15) is 6.07 Å². The van der Waals surface area contributed by atoms with Crippen LogP contribution in [0.4, 0.5) is 0 Å². The highest BCUT2D eigenvalue weighted by molar-refractivity contribution is 6.10. The molecule has 0 bridgehead atoms. The zero-order valence-corrected chi connectivity index (χ0v) is 15.5. The third kappa shape index (κ3) is 2.88. The quantitative estimate of drug-likeness (QED) is 0.436. The fourth-order valence-electron chi connectivity index (χ4n) is 3.71. The number of carbonyl (C=O) groups is 1. The maximum atomic E-state index is 13.3. The number of benzene rings is 2. The van der Waals surface area contributed by atoms with Gasteiger partial charge in [0.25, 0.3) is 0 Å². The van der Waals surface area contributed by atoms with Gasteiger partial charge in [-0.05, 0) is 29.1 Å². The summed E-state index contributed by atoms with van der Waals surface area (Å²) in [6, 6.07) is 23.2. The average molecular weight is 376 g/mol. The Morgan fingerprint density at radius 1 is 1.00 bits per heavy atom. The van der Waals surface area contributed by atoms with E-state index in [1.54, 1.807) is 18.6 Å². The molecule has 5 heteroatoms. The summed E-state index contributed by atoms with van der Waals surface area (Å²) < 4.78 is 3.86. The standard InChI is InChI=1S/C24H16N4O/c25-14-20-13-23(28-21-4-2-1-3-18(21)9-10-22(20)28)24(29)19-7-5-17(6-8-19)15-27-12-11-26-16-27/h1-13,16H,15H2. The Bertz CT molecular complexity index is 1390. The topological polar surface area (TPSA) is 63.1 Å². The Kier molecular flexibility index (Phi) is 3.96. The third-order valence-electron chi connectivity index (χ3n) is 5.13. The fourth-order valence-corrected chi connectivity index (χ4v) is 3.71. The molecule has 3 heterocycles. The molecular formula is C24H16N4O. The molecule has 0 aliphatic carbocycles. The molecule has 29 heavy (non-hydrogen) atoms. The van der Waals surface area contributed by atoms with Crippen LogP contribution in [0, 0.1) is 11.3 Å². The van der Waals surface area contributed by atoms with E-state index in [1.165, 1.54) is 0 Å². The van der Waals surface area contributed by atoms with Crippen molar-refractivity contribution in [1.29, 1.82) is 5.26 Å². The van der Waals surface area contributed by atoms with Gasteiger partial charge in [-0.1, -0.05) is 48.5 Å². The van der Waals surface area contributed by atoms with Crippen molar-refractivity contribution in [3.63, 3.8) is 0 Å². The number of nitrogens with zero attached hydrogens (tertiary/aromatic N) is 4. The van der Waals surface area contributed by atoms with E-state index in [-0.39, 0.29) is 5.78 Å². The molecule has 0 spiro atoms. The second kappa shape index (κ2) is 6.77. The van der Waals surface area contributed by atoms with Crippen molar-refractivity contribution in [3.05, 3.63) is 108 Å². The summed E-state index contributed by atoms with van der Waals surface area (Å²) in [4.78, 5) is 17.4. The molecule has 0 saturated heterocycles. The zero-order valence-electron chi connectivity index (χ0n) is 15.5. The van der Waals surface area contributed by atoms with Crippen molar-refractivity contribution >= 4 is 22.2 Å². The van der Waals surface area contributed by atoms with Crippen LogP contribution in [-0.4, -0.2) is 19.7 Å². The Labute approximate surface area is 167 Å². The van der Waals surface area contributed by atoms with Crippen LogP contribution in [0.3, 0.4) is 0 Å². The molecule has 138 valence electrons. The molecule has 5 aromatic rings. The first-order chi connectivity index (χ1) is 14.2. The van der Waals surface area contributed by atoms with Crippen LogP contribution in [0.15, 0.2) is 85.5 Å². The molecule has 5 rings (SSSR count). The maximum Gasteiger partial charge on any atom is 0.209 e. The highest BCUT2D eigenvalue weighted by atomic mass is 16.1. The second-order valence-corrected chi connectivity index (χ2v) is 6.93. The monoisotopic (exact) mass is 376 g/mol. The summed E-state index contributed by atoms with van der Waals surface area (Å²) in [5, 5.41) is 10.6. The van der Waals surface area contributed by atoms with E-state index in [0.29, 0.717) is 23.4 Å². The largest absolute Gasteiger partial charge is 0.333 e. The lowest BCUT2D eigenvalue weighted by Gasteiger charge is -2.08. The van der Waals surface area contributed by atoms with Gasteiger partial charge in [0.05, 0.1) is 28.6 Å². The van der Waals surface area contributed by atoms with Gasteiger partial charge in [-0.25, -0.2) is 4.98 Å². The van der Waals surface area contributed by atoms with Gasteiger partial charge in [-0.2, -0.15) is 5.26 Å². The fraction of sp³-hybridized carbons (Fsp3) is 0.0417. The molecule has 2 aromatic carbocycles. The van der Waals surface area contributed by atoms with Crippen LogP contribution in [0.2, 0.25) is 0 Å². The van der Waals surface area contributed by atoms with E-state index >= 15 is 0 Å². The van der Waals surface area contributed by atoms with Crippen LogP contribution in [-0.2, 0) is 6.54 Å². The number of aromatic nitrogens is 3. The van der Waals surface area contributed by atoms with Crippen molar-refractivity contribution in [1.82, 2.24) is 14.0 Å². The minimum Gasteiger partial charge on any atom is -0.333 e. The SMILES string of the molecule is N#Cc1cc(C(=O)c2ccc(Cn3ccnc3)cc2)n2c1ccc1ccccc12. The highest BCUT2D eigenvalue weighted by Gasteiger charge is 2.18. The van der Waals surface area contributed by atoms with Crippen molar-refractivity contribution in [2.75, 3.05) is 0 Å². The number of hydrogen-bond donors (Lipinski definition) is 0. The Morgan fingerprint density at radius 3 is 2.59 bits per heavy atom. The van der Waals surface area contributed by atoms with Crippen LogP contribution in [0.1, 0.15) is 27.2 Å². The predicted octanol–water partition coefficient (Wildman–Crippen LogP) is 4.44. The summed E-state index contributed by atoms with van der Waals surface area (Å²) >= 11 is 0. The van der Waals surface area contributed by atoms with E-state index in [9.17, 15) is 10.1 Å². The summed E-state index contributed by atoms with van der Waals surface area (Å²) in [5.41, 5.74) is 4.32. The van der Waals surface area contributed by atoms with E-state index in [1.807, 2.05) is 75.8 Å². The lowest BCUT2D eigenvalue weighted by molar-refractivity contribution is 0.103. The molecule has 0 unspecified atom stereocenters.